The van der Waals surface area contributed by atoms with Crippen molar-refractivity contribution in [3.8, 4) is 17.2 Å². The molecule has 27 heavy (non-hydrogen) atoms. The van der Waals surface area contributed by atoms with E-state index in [0.717, 1.165) is 24.6 Å². The normalized spacial score (nSPS) is 10.8. The van der Waals surface area contributed by atoms with Gasteiger partial charge in [0, 0.05) is 24.6 Å². The van der Waals surface area contributed by atoms with E-state index < -0.39 is 0 Å². The van der Waals surface area contributed by atoms with Crippen molar-refractivity contribution in [2.75, 3.05) is 48.4 Å². The number of nitrogens with zero attached hydrogens (tertiary/aromatic N) is 2. The quantitative estimate of drug-likeness (QED) is 0.606. The first-order valence-electron chi connectivity index (χ1n) is 8.64. The van der Waals surface area contributed by atoms with Crippen LogP contribution in [0.2, 0.25) is 0 Å². The molecule has 0 unspecified atom stereocenters. The molecule has 0 aliphatic heterocycles. The van der Waals surface area contributed by atoms with Gasteiger partial charge in [0.15, 0.2) is 5.78 Å². The Labute approximate surface area is 168 Å². The molecule has 0 aliphatic carbocycles. The Bertz CT molecular complexity index is 690. The summed E-state index contributed by atoms with van der Waals surface area (Å²) in [6.07, 6.45) is 0. The maximum atomic E-state index is 12.8. The minimum atomic E-state index is -0.0617. The summed E-state index contributed by atoms with van der Waals surface area (Å²) in [6, 6.07) is 14.7. The van der Waals surface area contributed by atoms with E-state index in [1.807, 2.05) is 86.5 Å². The molecule has 0 fully saturated rings. The van der Waals surface area contributed by atoms with E-state index in [0.29, 0.717) is 11.3 Å². The van der Waals surface area contributed by atoms with Crippen molar-refractivity contribution in [1.29, 1.82) is 0 Å². The first kappa shape index (κ1) is 23.0. The SMILES string of the molecule is COc1ccc(Oc2ccc(C(=O)C(CN(C)C)CN(C)C)cc2)cc1.Cl. The molecule has 0 aliphatic rings. The average molecular weight is 393 g/mol. The number of halogens is 1. The van der Waals surface area contributed by atoms with Gasteiger partial charge in [0.1, 0.15) is 17.2 Å². The van der Waals surface area contributed by atoms with Crippen LogP contribution in [-0.2, 0) is 0 Å². The van der Waals surface area contributed by atoms with Crippen molar-refractivity contribution < 1.29 is 14.3 Å². The third-order valence-electron chi connectivity index (χ3n) is 3.98. The maximum Gasteiger partial charge on any atom is 0.168 e. The lowest BCUT2D eigenvalue weighted by Gasteiger charge is -2.23. The third-order valence-corrected chi connectivity index (χ3v) is 3.98. The van der Waals surface area contributed by atoms with Gasteiger partial charge in [-0.3, -0.25) is 4.79 Å². The van der Waals surface area contributed by atoms with Crippen molar-refractivity contribution in [3.05, 3.63) is 54.1 Å². The molecule has 2 aromatic rings. The lowest BCUT2D eigenvalue weighted by Crippen LogP contribution is -2.35. The Balaban J connectivity index is 0.00000364. The van der Waals surface area contributed by atoms with E-state index in [2.05, 4.69) is 0 Å². The van der Waals surface area contributed by atoms with E-state index in [9.17, 15) is 4.79 Å². The second-order valence-electron chi connectivity index (χ2n) is 6.89. The Kier molecular flexibility index (Phi) is 9.29. The highest BCUT2D eigenvalue weighted by Gasteiger charge is 2.21. The van der Waals surface area contributed by atoms with Gasteiger partial charge in [0.05, 0.1) is 7.11 Å². The van der Waals surface area contributed by atoms with Crippen molar-refractivity contribution in [1.82, 2.24) is 9.80 Å². The highest BCUT2D eigenvalue weighted by molar-refractivity contribution is 5.98. The van der Waals surface area contributed by atoms with Crippen LogP contribution in [0.4, 0.5) is 0 Å². The minimum absolute atomic E-state index is 0. The summed E-state index contributed by atoms with van der Waals surface area (Å²) in [5, 5.41) is 0. The van der Waals surface area contributed by atoms with Crippen molar-refractivity contribution in [2.45, 2.75) is 0 Å². The molecule has 2 rings (SSSR count). The number of ketones is 1. The molecule has 2 aromatic carbocycles. The summed E-state index contributed by atoms with van der Waals surface area (Å²) >= 11 is 0. The number of methoxy groups -OCH3 is 1. The van der Waals surface area contributed by atoms with Crippen LogP contribution in [0.25, 0.3) is 0 Å². The number of benzene rings is 2. The van der Waals surface area contributed by atoms with Crippen molar-refractivity contribution in [2.24, 2.45) is 5.92 Å². The van der Waals surface area contributed by atoms with Crippen LogP contribution in [0.5, 0.6) is 17.2 Å². The molecule has 0 amide bonds. The standard InChI is InChI=1S/C21H28N2O3.ClH/c1-22(2)14-17(15-23(3)4)21(24)16-6-8-19(9-7-16)26-20-12-10-18(25-5)11-13-20;/h6-13,17H,14-15H2,1-5H3;1H. The van der Waals surface area contributed by atoms with Gasteiger partial charge in [-0.1, -0.05) is 0 Å². The molecule has 0 bridgehead atoms. The second kappa shape index (κ2) is 10.9. The van der Waals surface area contributed by atoms with Crippen LogP contribution in [0.3, 0.4) is 0 Å². The largest absolute Gasteiger partial charge is 0.497 e. The number of carbonyl (C=O) groups excluding carboxylic acids is 1. The third kappa shape index (κ3) is 7.21. The number of hydrogen-bond acceptors (Lipinski definition) is 5. The number of rotatable bonds is 9. The fraction of sp³-hybridized carbons (Fsp3) is 0.381. The van der Waals surface area contributed by atoms with Gasteiger partial charge < -0.3 is 19.3 Å². The Hall–Kier alpha value is -2.08. The van der Waals surface area contributed by atoms with Crippen LogP contribution >= 0.6 is 12.4 Å². The molecule has 0 spiro atoms. The zero-order chi connectivity index (χ0) is 19.1. The predicted molar refractivity (Wildman–Crippen MR) is 112 cm³/mol. The van der Waals surface area contributed by atoms with E-state index in [1.165, 1.54) is 0 Å². The summed E-state index contributed by atoms with van der Waals surface area (Å²) in [5.41, 5.74) is 0.709. The van der Waals surface area contributed by atoms with Crippen LogP contribution in [0.15, 0.2) is 48.5 Å². The Morgan fingerprint density at radius 2 is 1.22 bits per heavy atom. The van der Waals surface area contributed by atoms with Crippen molar-refractivity contribution >= 4 is 18.2 Å². The Morgan fingerprint density at radius 1 is 0.815 bits per heavy atom. The molecule has 0 saturated carbocycles. The van der Waals surface area contributed by atoms with Gasteiger partial charge >= 0.3 is 0 Å². The second-order valence-corrected chi connectivity index (χ2v) is 6.89. The monoisotopic (exact) mass is 392 g/mol. The number of ether oxygens (including phenoxy) is 2. The predicted octanol–water partition coefficient (Wildman–Crippen LogP) is 3.83. The van der Waals surface area contributed by atoms with Crippen molar-refractivity contribution in [3.63, 3.8) is 0 Å². The fourth-order valence-electron chi connectivity index (χ4n) is 2.81. The first-order chi connectivity index (χ1) is 12.4. The molecule has 6 heteroatoms. The molecule has 0 aromatic heterocycles. The molecule has 0 saturated heterocycles. The summed E-state index contributed by atoms with van der Waals surface area (Å²) in [6.45, 7) is 1.45. The van der Waals surface area contributed by atoms with Crippen LogP contribution < -0.4 is 9.47 Å². The lowest BCUT2D eigenvalue weighted by molar-refractivity contribution is 0.0871. The lowest BCUT2D eigenvalue weighted by atomic mass is 9.96. The van der Waals surface area contributed by atoms with Gasteiger partial charge in [-0.05, 0) is 76.7 Å². The first-order valence-corrected chi connectivity index (χ1v) is 8.64. The van der Waals surface area contributed by atoms with Crippen LogP contribution in [0.1, 0.15) is 10.4 Å². The summed E-state index contributed by atoms with van der Waals surface area (Å²) in [7, 11) is 9.58. The summed E-state index contributed by atoms with van der Waals surface area (Å²) in [4.78, 5) is 16.9. The topological polar surface area (TPSA) is 42.0 Å². The highest BCUT2D eigenvalue weighted by Crippen LogP contribution is 2.24. The molecule has 0 heterocycles. The van der Waals surface area contributed by atoms with E-state index in [-0.39, 0.29) is 24.1 Å². The minimum Gasteiger partial charge on any atom is -0.497 e. The van der Waals surface area contributed by atoms with E-state index in [1.54, 1.807) is 7.11 Å². The average Bonchev–Trinajstić information content (AvgIpc) is 2.61. The molecule has 148 valence electrons. The van der Waals surface area contributed by atoms with E-state index in [4.69, 9.17) is 9.47 Å². The molecule has 0 N–H and O–H groups in total. The van der Waals surface area contributed by atoms with Crippen LogP contribution in [-0.4, -0.2) is 64.0 Å². The van der Waals surface area contributed by atoms with E-state index >= 15 is 0 Å². The van der Waals surface area contributed by atoms with Gasteiger partial charge in [-0.2, -0.15) is 0 Å². The Morgan fingerprint density at radius 3 is 1.63 bits per heavy atom. The zero-order valence-corrected chi connectivity index (χ0v) is 17.5. The number of Topliss-reactive ketones (excluding diaryl/α,β-unsaturated/α-hetero) is 1. The molecular weight excluding hydrogens is 364 g/mol. The highest BCUT2D eigenvalue weighted by atomic mass is 35.5. The van der Waals surface area contributed by atoms with Gasteiger partial charge in [-0.25, -0.2) is 0 Å². The van der Waals surface area contributed by atoms with Crippen LogP contribution in [0, 0.1) is 5.92 Å². The smallest absolute Gasteiger partial charge is 0.168 e. The molecule has 5 nitrogen and oxygen atoms in total. The fourth-order valence-corrected chi connectivity index (χ4v) is 2.81. The summed E-state index contributed by atoms with van der Waals surface area (Å²) in [5.74, 6) is 2.30. The maximum absolute atomic E-state index is 12.8. The van der Waals surface area contributed by atoms with Gasteiger partial charge in [0.2, 0.25) is 0 Å². The zero-order valence-electron chi connectivity index (χ0n) is 16.6. The number of carbonyl (C=O) groups is 1. The van der Waals surface area contributed by atoms with Gasteiger partial charge in [0.25, 0.3) is 0 Å². The molecule has 0 atom stereocenters. The molecular formula is C21H29ClN2O3. The number of hydrogen-bond donors (Lipinski definition) is 0. The summed E-state index contributed by atoms with van der Waals surface area (Å²) < 4.78 is 11.0. The van der Waals surface area contributed by atoms with Gasteiger partial charge in [-0.15, -0.1) is 12.4 Å². The molecule has 0 radical (unpaired) electrons.